The molecule has 0 radical (unpaired) electrons. The average molecular weight is 536 g/mol. The van der Waals surface area contributed by atoms with Crippen LogP contribution in [0.25, 0.3) is 17.1 Å². The van der Waals surface area contributed by atoms with E-state index in [1.165, 1.54) is 24.3 Å². The van der Waals surface area contributed by atoms with Crippen LogP contribution in [-0.4, -0.2) is 82.9 Å². The number of anilines is 2. The zero-order valence-corrected chi connectivity index (χ0v) is 21.4. The van der Waals surface area contributed by atoms with E-state index >= 15 is 0 Å². The smallest absolute Gasteiger partial charge is 0.409 e. The highest BCUT2D eigenvalue weighted by molar-refractivity contribution is 6.04. The molecular weight excluding hydrogens is 509 g/mol. The van der Waals surface area contributed by atoms with Crippen LogP contribution >= 0.6 is 0 Å². The van der Waals surface area contributed by atoms with E-state index in [0.717, 1.165) is 18.8 Å². The van der Waals surface area contributed by atoms with Crippen molar-refractivity contribution < 1.29 is 28.0 Å². The molecule has 3 aromatic heterocycles. The third kappa shape index (κ3) is 4.65. The predicted molar refractivity (Wildman–Crippen MR) is 137 cm³/mol. The first-order valence-corrected chi connectivity index (χ1v) is 12.5. The Hall–Kier alpha value is -4.52. The number of hydrogen-bond donors (Lipinski definition) is 1. The molecule has 6 rings (SSSR count). The highest BCUT2D eigenvalue weighted by Crippen LogP contribution is 2.31. The Morgan fingerprint density at radius 2 is 1.97 bits per heavy atom. The fraction of sp³-hybridized carbons (Fsp3) is 0.346. The number of nitrogens with one attached hydrogen (secondary N) is 1. The fourth-order valence-corrected chi connectivity index (χ4v) is 4.71. The van der Waals surface area contributed by atoms with Gasteiger partial charge in [0.2, 0.25) is 0 Å². The number of fused-ring (bicyclic) bond motifs is 1. The Bertz CT molecular complexity index is 1560. The summed E-state index contributed by atoms with van der Waals surface area (Å²) in [5.41, 5.74) is 2.81. The third-order valence-corrected chi connectivity index (χ3v) is 7.07. The molecule has 2 fully saturated rings. The maximum atomic E-state index is 14.9. The molecule has 0 unspecified atom stereocenters. The van der Waals surface area contributed by atoms with E-state index in [2.05, 4.69) is 25.3 Å². The van der Waals surface area contributed by atoms with Crippen molar-refractivity contribution in [3.05, 3.63) is 59.6 Å². The van der Waals surface area contributed by atoms with Gasteiger partial charge in [-0.3, -0.25) is 9.20 Å². The van der Waals surface area contributed by atoms with Gasteiger partial charge < -0.3 is 29.1 Å². The molecule has 2 aliphatic rings. The van der Waals surface area contributed by atoms with Gasteiger partial charge in [0.05, 0.1) is 32.4 Å². The molecule has 2 saturated heterocycles. The minimum absolute atomic E-state index is 0.102. The van der Waals surface area contributed by atoms with E-state index in [1.807, 2.05) is 12.1 Å². The van der Waals surface area contributed by atoms with Gasteiger partial charge >= 0.3 is 6.09 Å². The standard InChI is InChI=1S/C26H26FN7O5/c1-15-19(27)9-16(25-30-23(31-39-25)17-13-33(14-17)26(36)37-2)10-20(15)29-24(35)21-12-28-22-11-18(3-4-34(21)22)32-5-7-38-8-6-32/h3-4,9-12,17H,5-8,13-14H2,1-2H3,(H,29,35). The first kappa shape index (κ1) is 24.8. The van der Waals surface area contributed by atoms with Gasteiger partial charge in [0.1, 0.15) is 17.2 Å². The van der Waals surface area contributed by atoms with Gasteiger partial charge in [0.25, 0.3) is 11.8 Å². The molecule has 1 aromatic carbocycles. The van der Waals surface area contributed by atoms with E-state index < -0.39 is 17.8 Å². The lowest BCUT2D eigenvalue weighted by Gasteiger charge is -2.35. The van der Waals surface area contributed by atoms with Crippen LogP contribution in [-0.2, 0) is 9.47 Å². The van der Waals surface area contributed by atoms with Crippen LogP contribution in [0.2, 0.25) is 0 Å². The molecule has 12 nitrogen and oxygen atoms in total. The second kappa shape index (κ2) is 9.98. The average Bonchev–Trinajstić information content (AvgIpc) is 3.58. The van der Waals surface area contributed by atoms with Crippen LogP contribution < -0.4 is 10.2 Å². The second-order valence-electron chi connectivity index (χ2n) is 9.47. The molecule has 4 aromatic rings. The number of hydrogen-bond acceptors (Lipinski definition) is 9. The molecule has 0 aliphatic carbocycles. The minimum Gasteiger partial charge on any atom is -0.453 e. The third-order valence-electron chi connectivity index (χ3n) is 7.07. The Labute approximate surface area is 222 Å². The zero-order valence-electron chi connectivity index (χ0n) is 21.4. The number of halogens is 1. The zero-order chi connectivity index (χ0) is 27.1. The summed E-state index contributed by atoms with van der Waals surface area (Å²) in [5.74, 6) is -0.545. The molecular formula is C26H26FN7O5. The number of methoxy groups -OCH3 is 1. The summed E-state index contributed by atoms with van der Waals surface area (Å²) < 4.78 is 32.1. The van der Waals surface area contributed by atoms with Crippen LogP contribution in [0.4, 0.5) is 20.6 Å². The van der Waals surface area contributed by atoms with Crippen molar-refractivity contribution in [3.8, 4) is 11.5 Å². The van der Waals surface area contributed by atoms with Crippen LogP contribution in [0.1, 0.15) is 27.8 Å². The summed E-state index contributed by atoms with van der Waals surface area (Å²) in [7, 11) is 1.32. The van der Waals surface area contributed by atoms with Gasteiger partial charge in [0.15, 0.2) is 5.82 Å². The first-order valence-electron chi connectivity index (χ1n) is 12.5. The normalized spacial score (nSPS) is 15.9. The van der Waals surface area contributed by atoms with E-state index in [9.17, 15) is 14.0 Å². The van der Waals surface area contributed by atoms with Gasteiger partial charge in [-0.25, -0.2) is 14.2 Å². The van der Waals surface area contributed by atoms with Gasteiger partial charge in [-0.2, -0.15) is 4.98 Å². The molecule has 2 aliphatic heterocycles. The molecule has 5 heterocycles. The lowest BCUT2D eigenvalue weighted by Crippen LogP contribution is -2.48. The summed E-state index contributed by atoms with van der Waals surface area (Å²) >= 11 is 0. The maximum Gasteiger partial charge on any atom is 0.409 e. The van der Waals surface area contributed by atoms with Crippen molar-refractivity contribution in [1.82, 2.24) is 24.4 Å². The van der Waals surface area contributed by atoms with Crippen molar-refractivity contribution in [2.75, 3.05) is 56.7 Å². The van der Waals surface area contributed by atoms with Crippen molar-refractivity contribution >= 4 is 29.0 Å². The summed E-state index contributed by atoms with van der Waals surface area (Å²) in [6.07, 6.45) is 2.87. The van der Waals surface area contributed by atoms with E-state index in [4.69, 9.17) is 14.0 Å². The number of pyridine rings is 1. The van der Waals surface area contributed by atoms with E-state index in [0.29, 0.717) is 49.0 Å². The molecule has 39 heavy (non-hydrogen) atoms. The van der Waals surface area contributed by atoms with Gasteiger partial charge in [0, 0.05) is 60.9 Å². The van der Waals surface area contributed by atoms with E-state index in [-0.39, 0.29) is 23.1 Å². The number of ether oxygens (including phenoxy) is 2. The van der Waals surface area contributed by atoms with Crippen LogP contribution in [0, 0.1) is 12.7 Å². The van der Waals surface area contributed by atoms with E-state index in [1.54, 1.807) is 23.6 Å². The highest BCUT2D eigenvalue weighted by Gasteiger charge is 2.35. The first-order chi connectivity index (χ1) is 18.9. The number of rotatable bonds is 5. The van der Waals surface area contributed by atoms with Crippen molar-refractivity contribution in [3.63, 3.8) is 0 Å². The van der Waals surface area contributed by atoms with Crippen molar-refractivity contribution in [1.29, 1.82) is 0 Å². The number of benzene rings is 1. The number of likely N-dealkylation sites (tertiary alicyclic amines) is 1. The lowest BCUT2D eigenvalue weighted by atomic mass is 10.0. The number of carbonyl (C=O) groups excluding carboxylic acids is 2. The number of morpholine rings is 1. The summed E-state index contributed by atoms with van der Waals surface area (Å²) in [6, 6.07) is 6.73. The Balaban J connectivity index is 1.20. The molecule has 0 saturated carbocycles. The molecule has 2 amide bonds. The monoisotopic (exact) mass is 535 g/mol. The summed E-state index contributed by atoms with van der Waals surface area (Å²) in [4.78, 5) is 37.3. The van der Waals surface area contributed by atoms with Gasteiger partial charge in [-0.15, -0.1) is 0 Å². The fourth-order valence-electron chi connectivity index (χ4n) is 4.71. The minimum atomic E-state index is -0.531. The van der Waals surface area contributed by atoms with Crippen LogP contribution in [0.5, 0.6) is 0 Å². The Kier molecular flexibility index (Phi) is 6.35. The number of imidazole rings is 1. The SMILES string of the molecule is COC(=O)N1CC(c2noc(-c3cc(F)c(C)c(NC(=O)c4cnc5cc(N6CCOCC6)ccn45)c3)n2)C1. The van der Waals surface area contributed by atoms with Crippen molar-refractivity contribution in [2.45, 2.75) is 12.8 Å². The number of nitrogens with zero attached hydrogens (tertiary/aromatic N) is 6. The van der Waals surface area contributed by atoms with Gasteiger partial charge in [-0.1, -0.05) is 5.16 Å². The molecule has 0 spiro atoms. The number of aromatic nitrogens is 4. The Morgan fingerprint density at radius 1 is 1.18 bits per heavy atom. The summed E-state index contributed by atoms with van der Waals surface area (Å²) in [5, 5.41) is 6.79. The number of carbonyl (C=O) groups is 2. The molecule has 202 valence electrons. The predicted octanol–water partition coefficient (Wildman–Crippen LogP) is 3.09. The molecule has 0 atom stereocenters. The quantitative estimate of drug-likeness (QED) is 0.410. The number of amides is 2. The maximum absolute atomic E-state index is 14.9. The van der Waals surface area contributed by atoms with Gasteiger partial charge in [-0.05, 0) is 25.1 Å². The molecule has 1 N–H and O–H groups in total. The molecule has 13 heteroatoms. The lowest BCUT2D eigenvalue weighted by molar-refractivity contribution is 0.0857. The van der Waals surface area contributed by atoms with Crippen LogP contribution in [0.3, 0.4) is 0 Å². The highest BCUT2D eigenvalue weighted by atomic mass is 19.1. The summed E-state index contributed by atoms with van der Waals surface area (Å²) in [6.45, 7) is 5.31. The van der Waals surface area contributed by atoms with Crippen LogP contribution in [0.15, 0.2) is 41.2 Å². The topological polar surface area (TPSA) is 127 Å². The Morgan fingerprint density at radius 3 is 2.74 bits per heavy atom. The van der Waals surface area contributed by atoms with Crippen molar-refractivity contribution in [2.24, 2.45) is 0 Å². The second-order valence-corrected chi connectivity index (χ2v) is 9.47. The largest absolute Gasteiger partial charge is 0.453 e. The molecule has 0 bridgehead atoms.